The number of carbonyl (C=O) groups excluding carboxylic acids is 2. The van der Waals surface area contributed by atoms with Gasteiger partial charge in [-0.2, -0.15) is 0 Å². The number of amides is 1. The van der Waals surface area contributed by atoms with E-state index in [0.717, 1.165) is 6.07 Å². The molecule has 1 atom stereocenters. The summed E-state index contributed by atoms with van der Waals surface area (Å²) in [6, 6.07) is 13.0. The normalized spacial score (nSPS) is 17.3. The number of aromatic nitrogens is 1. The van der Waals surface area contributed by atoms with Gasteiger partial charge in [0.25, 0.3) is 11.7 Å². The SMILES string of the molecule is COc1ccc(F)cc1/C(O)=C1\C(=O)C(=O)N(Cc2cccnc2)C1c1ccccc1OC. The minimum atomic E-state index is -0.977. The standard InChI is InChI=1S/C25H21FN2O5/c1-32-19-8-4-3-7-17(19)22-21(23(29)18-12-16(26)9-10-20(18)33-2)24(30)25(31)28(22)14-15-6-5-11-27-13-15/h3-13,22,29H,14H2,1-2H3/b23-21+. The lowest BCUT2D eigenvalue weighted by Gasteiger charge is -2.26. The van der Waals surface area contributed by atoms with Crippen molar-refractivity contribution >= 4 is 17.4 Å². The molecule has 1 aliphatic heterocycles. The Hall–Kier alpha value is -4.20. The van der Waals surface area contributed by atoms with Gasteiger partial charge < -0.3 is 19.5 Å². The van der Waals surface area contributed by atoms with Crippen molar-refractivity contribution in [1.29, 1.82) is 0 Å². The molecule has 1 saturated heterocycles. The van der Waals surface area contributed by atoms with Gasteiger partial charge in [0.05, 0.1) is 31.4 Å². The van der Waals surface area contributed by atoms with Crippen LogP contribution in [-0.4, -0.2) is 40.9 Å². The summed E-state index contributed by atoms with van der Waals surface area (Å²) in [6.45, 7) is 0.0677. The largest absolute Gasteiger partial charge is 0.507 e. The number of nitrogens with zero attached hydrogens (tertiary/aromatic N) is 2. The van der Waals surface area contributed by atoms with E-state index in [4.69, 9.17) is 9.47 Å². The van der Waals surface area contributed by atoms with E-state index in [-0.39, 0.29) is 23.4 Å². The van der Waals surface area contributed by atoms with Crippen molar-refractivity contribution in [2.75, 3.05) is 14.2 Å². The number of Topliss-reactive ketones (excluding diaryl/α,β-unsaturated/α-hetero) is 1. The zero-order valence-corrected chi connectivity index (χ0v) is 18.0. The molecule has 0 spiro atoms. The molecule has 4 rings (SSSR count). The molecular formula is C25H21FN2O5. The van der Waals surface area contributed by atoms with Gasteiger partial charge in [0.2, 0.25) is 0 Å². The first-order chi connectivity index (χ1) is 16.0. The van der Waals surface area contributed by atoms with E-state index in [1.54, 1.807) is 48.8 Å². The van der Waals surface area contributed by atoms with Gasteiger partial charge in [0, 0.05) is 24.5 Å². The average Bonchev–Trinajstić information content (AvgIpc) is 3.09. The molecule has 0 bridgehead atoms. The van der Waals surface area contributed by atoms with Crippen molar-refractivity contribution in [3.63, 3.8) is 0 Å². The first-order valence-corrected chi connectivity index (χ1v) is 10.1. The molecule has 1 aliphatic rings. The molecule has 2 heterocycles. The lowest BCUT2D eigenvalue weighted by molar-refractivity contribution is -0.140. The molecular weight excluding hydrogens is 427 g/mol. The third kappa shape index (κ3) is 4.03. The molecule has 0 aliphatic carbocycles. The lowest BCUT2D eigenvalue weighted by atomic mass is 9.94. The van der Waals surface area contributed by atoms with Crippen molar-refractivity contribution in [3.8, 4) is 11.5 Å². The molecule has 33 heavy (non-hydrogen) atoms. The Bertz CT molecular complexity index is 1240. The molecule has 8 heteroatoms. The van der Waals surface area contributed by atoms with Crippen LogP contribution in [0.5, 0.6) is 11.5 Å². The van der Waals surface area contributed by atoms with Gasteiger partial charge in [0.1, 0.15) is 23.1 Å². The lowest BCUT2D eigenvalue weighted by Crippen LogP contribution is -2.29. The first kappa shape index (κ1) is 22.0. The highest BCUT2D eigenvalue weighted by molar-refractivity contribution is 6.46. The van der Waals surface area contributed by atoms with Crippen LogP contribution in [0, 0.1) is 5.82 Å². The zero-order chi connectivity index (χ0) is 23.5. The third-order valence-electron chi connectivity index (χ3n) is 5.47. The Labute approximate surface area is 189 Å². The summed E-state index contributed by atoms with van der Waals surface area (Å²) < 4.78 is 24.8. The summed E-state index contributed by atoms with van der Waals surface area (Å²) in [4.78, 5) is 31.7. The molecule has 1 amide bonds. The number of likely N-dealkylation sites (tertiary alicyclic amines) is 1. The first-order valence-electron chi connectivity index (χ1n) is 10.1. The Morgan fingerprint density at radius 3 is 2.52 bits per heavy atom. The predicted molar refractivity (Wildman–Crippen MR) is 118 cm³/mol. The van der Waals surface area contributed by atoms with Crippen LogP contribution in [-0.2, 0) is 16.1 Å². The number of pyridine rings is 1. The van der Waals surface area contributed by atoms with Crippen LogP contribution in [0.25, 0.3) is 5.76 Å². The molecule has 0 radical (unpaired) electrons. The van der Waals surface area contributed by atoms with Crippen LogP contribution in [0.4, 0.5) is 4.39 Å². The van der Waals surface area contributed by atoms with Gasteiger partial charge >= 0.3 is 0 Å². The Morgan fingerprint density at radius 1 is 1.06 bits per heavy atom. The van der Waals surface area contributed by atoms with Crippen LogP contribution < -0.4 is 9.47 Å². The molecule has 0 saturated carbocycles. The van der Waals surface area contributed by atoms with Crippen LogP contribution in [0.3, 0.4) is 0 Å². The summed E-state index contributed by atoms with van der Waals surface area (Å²) >= 11 is 0. The molecule has 1 N–H and O–H groups in total. The molecule has 2 aromatic carbocycles. The van der Waals surface area contributed by atoms with Crippen molar-refractivity contribution in [3.05, 3.63) is 95.1 Å². The van der Waals surface area contributed by atoms with E-state index in [1.807, 2.05) is 0 Å². The Kier molecular flexibility index (Phi) is 6.08. The number of benzene rings is 2. The highest BCUT2D eigenvalue weighted by Crippen LogP contribution is 2.44. The second-order valence-corrected chi connectivity index (χ2v) is 7.37. The quantitative estimate of drug-likeness (QED) is 0.350. The molecule has 1 aromatic heterocycles. The number of carbonyl (C=O) groups is 2. The van der Waals surface area contributed by atoms with E-state index in [0.29, 0.717) is 16.9 Å². The van der Waals surface area contributed by atoms with E-state index in [1.165, 1.54) is 31.3 Å². The number of hydrogen-bond donors (Lipinski definition) is 1. The van der Waals surface area contributed by atoms with Crippen LogP contribution >= 0.6 is 0 Å². The highest BCUT2D eigenvalue weighted by Gasteiger charge is 2.47. The van der Waals surface area contributed by atoms with E-state index in [9.17, 15) is 19.1 Å². The minimum Gasteiger partial charge on any atom is -0.507 e. The fourth-order valence-corrected chi connectivity index (χ4v) is 3.96. The molecule has 1 fully saturated rings. The van der Waals surface area contributed by atoms with Crippen LogP contribution in [0.15, 0.2) is 72.6 Å². The van der Waals surface area contributed by atoms with E-state index in [2.05, 4.69) is 4.98 Å². The number of aliphatic hydroxyl groups excluding tert-OH is 1. The number of aliphatic hydroxyl groups is 1. The van der Waals surface area contributed by atoms with Crippen molar-refractivity contribution in [2.24, 2.45) is 0 Å². The van der Waals surface area contributed by atoms with Crippen molar-refractivity contribution < 1.29 is 28.6 Å². The number of para-hydroxylation sites is 1. The van der Waals surface area contributed by atoms with E-state index < -0.39 is 29.3 Å². The summed E-state index contributed by atoms with van der Waals surface area (Å²) in [5.41, 5.74) is 0.983. The topological polar surface area (TPSA) is 89.0 Å². The fourth-order valence-electron chi connectivity index (χ4n) is 3.96. The van der Waals surface area contributed by atoms with Crippen molar-refractivity contribution in [1.82, 2.24) is 9.88 Å². The number of ketones is 1. The molecule has 7 nitrogen and oxygen atoms in total. The summed E-state index contributed by atoms with van der Waals surface area (Å²) in [6.07, 6.45) is 3.19. The van der Waals surface area contributed by atoms with Gasteiger partial charge in [-0.1, -0.05) is 24.3 Å². The van der Waals surface area contributed by atoms with Crippen LogP contribution in [0.2, 0.25) is 0 Å². The van der Waals surface area contributed by atoms with Crippen LogP contribution in [0.1, 0.15) is 22.7 Å². The van der Waals surface area contributed by atoms with Gasteiger partial charge in [-0.3, -0.25) is 14.6 Å². The maximum absolute atomic E-state index is 14.0. The van der Waals surface area contributed by atoms with Gasteiger partial charge in [-0.15, -0.1) is 0 Å². The molecule has 168 valence electrons. The average molecular weight is 448 g/mol. The maximum Gasteiger partial charge on any atom is 0.295 e. The fraction of sp³-hybridized carbons (Fsp3) is 0.160. The number of methoxy groups -OCH3 is 2. The number of ether oxygens (including phenoxy) is 2. The van der Waals surface area contributed by atoms with Gasteiger partial charge in [-0.05, 0) is 35.9 Å². The molecule has 1 unspecified atom stereocenters. The maximum atomic E-state index is 14.0. The number of hydrogen-bond acceptors (Lipinski definition) is 6. The minimum absolute atomic E-state index is 0.0308. The summed E-state index contributed by atoms with van der Waals surface area (Å²) in [5.74, 6) is -2.26. The second kappa shape index (κ2) is 9.12. The van der Waals surface area contributed by atoms with E-state index >= 15 is 0 Å². The third-order valence-corrected chi connectivity index (χ3v) is 5.47. The predicted octanol–water partition coefficient (Wildman–Crippen LogP) is 3.86. The Balaban J connectivity index is 1.95. The van der Waals surface area contributed by atoms with Gasteiger partial charge in [-0.25, -0.2) is 4.39 Å². The Morgan fingerprint density at radius 2 is 1.82 bits per heavy atom. The molecule has 3 aromatic rings. The zero-order valence-electron chi connectivity index (χ0n) is 18.0. The number of halogens is 1. The van der Waals surface area contributed by atoms with Gasteiger partial charge in [0.15, 0.2) is 0 Å². The summed E-state index contributed by atoms with van der Waals surface area (Å²) in [7, 11) is 2.84. The van der Waals surface area contributed by atoms with Crippen molar-refractivity contribution in [2.45, 2.75) is 12.6 Å². The smallest absolute Gasteiger partial charge is 0.295 e. The highest BCUT2D eigenvalue weighted by atomic mass is 19.1. The second-order valence-electron chi connectivity index (χ2n) is 7.37. The summed E-state index contributed by atoms with van der Waals surface area (Å²) in [5, 5.41) is 11.2. The monoisotopic (exact) mass is 448 g/mol. The number of rotatable bonds is 6.